The van der Waals surface area contributed by atoms with Gasteiger partial charge in [-0.3, -0.25) is 4.79 Å². The molecule has 3 rings (SSSR count). The lowest BCUT2D eigenvalue weighted by Crippen LogP contribution is -2.31. The van der Waals surface area contributed by atoms with Crippen molar-refractivity contribution < 1.29 is 19.4 Å². The third kappa shape index (κ3) is 3.25. The fourth-order valence-corrected chi connectivity index (χ4v) is 3.04. The number of carbonyl (C=O) groups excluding carboxylic acids is 1. The van der Waals surface area contributed by atoms with Gasteiger partial charge in [0.2, 0.25) is 0 Å². The minimum absolute atomic E-state index is 0.142. The number of rotatable bonds is 3. The smallest absolute Gasteiger partial charge is 0.254 e. The molecule has 1 saturated heterocycles. The number of amides is 1. The molecule has 0 spiro atoms. The molecular formula is C18H18FNO3. The Balaban J connectivity index is 1.91. The highest BCUT2D eigenvalue weighted by atomic mass is 19.1. The van der Waals surface area contributed by atoms with Crippen molar-refractivity contribution in [2.24, 2.45) is 0 Å². The molecule has 120 valence electrons. The average Bonchev–Trinajstić information content (AvgIpc) is 2.96. The molecule has 4 nitrogen and oxygen atoms in total. The Kier molecular flexibility index (Phi) is 4.41. The van der Waals surface area contributed by atoms with Crippen LogP contribution in [-0.4, -0.2) is 33.7 Å². The van der Waals surface area contributed by atoms with Crippen LogP contribution in [0.4, 0.5) is 4.39 Å². The molecular weight excluding hydrogens is 297 g/mol. The van der Waals surface area contributed by atoms with Gasteiger partial charge in [0.1, 0.15) is 5.82 Å². The Hall–Kier alpha value is -2.24. The van der Waals surface area contributed by atoms with Gasteiger partial charge in [0.05, 0.1) is 18.8 Å². The van der Waals surface area contributed by atoms with E-state index in [9.17, 15) is 19.4 Å². The molecule has 0 aliphatic carbocycles. The Morgan fingerprint density at radius 3 is 2.74 bits per heavy atom. The molecule has 0 bridgehead atoms. The molecule has 1 fully saturated rings. The molecule has 1 aliphatic rings. The lowest BCUT2D eigenvalue weighted by atomic mass is 10.0. The van der Waals surface area contributed by atoms with Crippen LogP contribution in [0.5, 0.6) is 0 Å². The monoisotopic (exact) mass is 315 g/mol. The molecule has 0 radical (unpaired) electrons. The molecule has 2 atom stereocenters. The summed E-state index contributed by atoms with van der Waals surface area (Å²) in [6.45, 7) is 0.0699. The highest BCUT2D eigenvalue weighted by molar-refractivity contribution is 5.95. The summed E-state index contributed by atoms with van der Waals surface area (Å²) >= 11 is 0. The standard InChI is InChI=1S/C18H18FNO3/c19-15-6-2-4-13(8-15)17-9-16(22)10-20(17)18(23)14-5-1-3-12(7-14)11-21/h1-8,16-17,21-22H,9-11H2/t16-,17+/m1/s1. The Labute approximate surface area is 133 Å². The number of β-amino-alcohol motifs (C(OH)–C–C–N with tert-alkyl or cyclic N) is 1. The van der Waals surface area contributed by atoms with Crippen LogP contribution in [-0.2, 0) is 6.61 Å². The van der Waals surface area contributed by atoms with Gasteiger partial charge in [0, 0.05) is 12.1 Å². The lowest BCUT2D eigenvalue weighted by molar-refractivity contribution is 0.0715. The van der Waals surface area contributed by atoms with Crippen molar-refractivity contribution in [1.29, 1.82) is 0 Å². The number of hydrogen-bond donors (Lipinski definition) is 2. The minimum atomic E-state index is -0.631. The van der Waals surface area contributed by atoms with Gasteiger partial charge in [-0.2, -0.15) is 0 Å². The van der Waals surface area contributed by atoms with E-state index in [1.54, 1.807) is 41.3 Å². The molecule has 0 aromatic heterocycles. The first-order valence-electron chi connectivity index (χ1n) is 7.53. The molecule has 23 heavy (non-hydrogen) atoms. The van der Waals surface area contributed by atoms with Crippen molar-refractivity contribution in [3.63, 3.8) is 0 Å². The normalized spacial score (nSPS) is 20.7. The quantitative estimate of drug-likeness (QED) is 0.913. The third-order valence-corrected chi connectivity index (χ3v) is 4.13. The maximum atomic E-state index is 13.5. The number of halogens is 1. The van der Waals surface area contributed by atoms with Crippen molar-refractivity contribution in [2.45, 2.75) is 25.2 Å². The molecule has 1 aliphatic heterocycles. The first-order chi connectivity index (χ1) is 11.1. The molecule has 5 heteroatoms. The van der Waals surface area contributed by atoms with E-state index in [-0.39, 0.29) is 30.9 Å². The van der Waals surface area contributed by atoms with Gasteiger partial charge >= 0.3 is 0 Å². The summed E-state index contributed by atoms with van der Waals surface area (Å²) in [5, 5.41) is 19.2. The Morgan fingerprint density at radius 1 is 1.22 bits per heavy atom. The molecule has 2 aromatic rings. The van der Waals surface area contributed by atoms with Gasteiger partial charge in [-0.1, -0.05) is 24.3 Å². The minimum Gasteiger partial charge on any atom is -0.392 e. The molecule has 1 amide bonds. The van der Waals surface area contributed by atoms with Gasteiger partial charge < -0.3 is 15.1 Å². The number of carbonyl (C=O) groups is 1. The number of likely N-dealkylation sites (tertiary alicyclic amines) is 1. The second kappa shape index (κ2) is 6.48. The zero-order chi connectivity index (χ0) is 16.4. The zero-order valence-electron chi connectivity index (χ0n) is 12.5. The van der Waals surface area contributed by atoms with Gasteiger partial charge in [0.15, 0.2) is 0 Å². The summed E-state index contributed by atoms with van der Waals surface area (Å²) in [7, 11) is 0. The largest absolute Gasteiger partial charge is 0.392 e. The van der Waals surface area contributed by atoms with Crippen molar-refractivity contribution in [1.82, 2.24) is 4.90 Å². The Bertz CT molecular complexity index is 719. The van der Waals surface area contributed by atoms with Crippen LogP contribution in [0.15, 0.2) is 48.5 Å². The summed E-state index contributed by atoms with van der Waals surface area (Å²) < 4.78 is 13.5. The van der Waals surface area contributed by atoms with Crippen LogP contribution in [0.3, 0.4) is 0 Å². The van der Waals surface area contributed by atoms with Crippen LogP contribution in [0.1, 0.15) is 33.9 Å². The predicted octanol–water partition coefficient (Wildman–Crippen LogP) is 2.27. The number of aliphatic hydroxyl groups is 2. The summed E-state index contributed by atoms with van der Waals surface area (Å²) in [6, 6.07) is 12.5. The first-order valence-corrected chi connectivity index (χ1v) is 7.53. The van der Waals surface area contributed by atoms with E-state index in [1.165, 1.54) is 12.1 Å². The first kappa shape index (κ1) is 15.6. The van der Waals surface area contributed by atoms with E-state index in [4.69, 9.17) is 0 Å². The van der Waals surface area contributed by atoms with Crippen molar-refractivity contribution >= 4 is 5.91 Å². The lowest BCUT2D eigenvalue weighted by Gasteiger charge is -2.25. The topological polar surface area (TPSA) is 60.8 Å². The fourth-order valence-electron chi connectivity index (χ4n) is 3.04. The van der Waals surface area contributed by atoms with Gasteiger partial charge in [-0.05, 0) is 41.8 Å². The molecule has 0 saturated carbocycles. The van der Waals surface area contributed by atoms with Crippen molar-refractivity contribution in [3.8, 4) is 0 Å². The third-order valence-electron chi connectivity index (χ3n) is 4.13. The van der Waals surface area contributed by atoms with E-state index in [2.05, 4.69) is 0 Å². The number of benzene rings is 2. The average molecular weight is 315 g/mol. The van der Waals surface area contributed by atoms with Crippen LogP contribution in [0.2, 0.25) is 0 Å². The molecule has 1 heterocycles. The number of aliphatic hydroxyl groups excluding tert-OH is 2. The fraction of sp³-hybridized carbons (Fsp3) is 0.278. The van der Waals surface area contributed by atoms with E-state index in [0.29, 0.717) is 23.1 Å². The van der Waals surface area contributed by atoms with Gasteiger partial charge in [-0.15, -0.1) is 0 Å². The van der Waals surface area contributed by atoms with Crippen LogP contribution >= 0.6 is 0 Å². The van der Waals surface area contributed by atoms with Gasteiger partial charge in [0.25, 0.3) is 5.91 Å². The summed E-state index contributed by atoms with van der Waals surface area (Å²) in [4.78, 5) is 14.3. The second-order valence-corrected chi connectivity index (χ2v) is 5.78. The molecule has 0 unspecified atom stereocenters. The highest BCUT2D eigenvalue weighted by Gasteiger charge is 2.35. The highest BCUT2D eigenvalue weighted by Crippen LogP contribution is 2.33. The molecule has 2 N–H and O–H groups in total. The summed E-state index contributed by atoms with van der Waals surface area (Å²) in [6.07, 6.45) is -0.247. The second-order valence-electron chi connectivity index (χ2n) is 5.78. The van der Waals surface area contributed by atoms with E-state index >= 15 is 0 Å². The number of hydrogen-bond acceptors (Lipinski definition) is 3. The van der Waals surface area contributed by atoms with Gasteiger partial charge in [-0.25, -0.2) is 4.39 Å². The van der Waals surface area contributed by atoms with E-state index in [1.807, 2.05) is 0 Å². The van der Waals surface area contributed by atoms with E-state index < -0.39 is 6.10 Å². The zero-order valence-corrected chi connectivity index (χ0v) is 12.5. The maximum Gasteiger partial charge on any atom is 0.254 e. The maximum absolute atomic E-state index is 13.5. The van der Waals surface area contributed by atoms with E-state index in [0.717, 1.165) is 0 Å². The number of nitrogens with zero attached hydrogens (tertiary/aromatic N) is 1. The summed E-state index contributed by atoms with van der Waals surface area (Å²) in [5.41, 5.74) is 1.78. The van der Waals surface area contributed by atoms with Crippen LogP contribution < -0.4 is 0 Å². The van der Waals surface area contributed by atoms with Crippen molar-refractivity contribution in [3.05, 3.63) is 71.0 Å². The molecule has 2 aromatic carbocycles. The SMILES string of the molecule is O=C(c1cccc(CO)c1)N1C[C@H](O)C[C@H]1c1cccc(F)c1. The van der Waals surface area contributed by atoms with Crippen molar-refractivity contribution in [2.75, 3.05) is 6.54 Å². The van der Waals surface area contributed by atoms with Crippen LogP contribution in [0, 0.1) is 5.82 Å². The Morgan fingerprint density at radius 2 is 2.00 bits per heavy atom. The predicted molar refractivity (Wildman–Crippen MR) is 83.2 cm³/mol. The summed E-state index contributed by atoms with van der Waals surface area (Å²) in [5.74, 6) is -0.593. The van der Waals surface area contributed by atoms with Crippen LogP contribution in [0.25, 0.3) is 0 Å².